The van der Waals surface area contributed by atoms with Crippen molar-refractivity contribution in [3.8, 4) is 0 Å². The highest BCUT2D eigenvalue weighted by Gasteiger charge is 2.41. The van der Waals surface area contributed by atoms with E-state index in [2.05, 4.69) is 10.2 Å². The number of fused-ring (bicyclic) bond motifs is 1. The predicted molar refractivity (Wildman–Crippen MR) is 73.3 cm³/mol. The van der Waals surface area contributed by atoms with Crippen molar-refractivity contribution in [1.29, 1.82) is 0 Å². The maximum absolute atomic E-state index is 12.0. The number of hydrogen-bond donors (Lipinski definition) is 1. The third-order valence-electron chi connectivity index (χ3n) is 3.94. The van der Waals surface area contributed by atoms with Gasteiger partial charge in [0.05, 0.1) is 11.0 Å². The Labute approximate surface area is 120 Å². The minimum Gasteiger partial charge on any atom is -0.335 e. The number of carbonyl (C=O) groups is 1. The Balaban J connectivity index is 1.95. The number of rotatable bonds is 2. The molecule has 0 saturated carbocycles. The van der Waals surface area contributed by atoms with Crippen LogP contribution in [-0.4, -0.2) is 28.3 Å². The fourth-order valence-corrected chi connectivity index (χ4v) is 3.16. The van der Waals surface area contributed by atoms with Gasteiger partial charge in [-0.1, -0.05) is 24.1 Å². The van der Waals surface area contributed by atoms with E-state index in [1.54, 1.807) is 6.07 Å². The summed E-state index contributed by atoms with van der Waals surface area (Å²) in [5.74, 6) is 0.00676. The molecule has 7 heteroatoms. The van der Waals surface area contributed by atoms with E-state index in [0.29, 0.717) is 5.56 Å². The summed E-state index contributed by atoms with van der Waals surface area (Å²) in [6.45, 7) is 0.824. The summed E-state index contributed by atoms with van der Waals surface area (Å²) in [7, 11) is 0. The molecule has 0 bridgehead atoms. The molecule has 2 atom stereocenters. The van der Waals surface area contributed by atoms with E-state index >= 15 is 0 Å². The summed E-state index contributed by atoms with van der Waals surface area (Å²) in [5, 5.41) is 14.0. The van der Waals surface area contributed by atoms with Gasteiger partial charge >= 0.3 is 0 Å². The summed E-state index contributed by atoms with van der Waals surface area (Å²) in [4.78, 5) is 24.5. The molecule has 2 unspecified atom stereocenters. The molecule has 106 valence electrons. The molecule has 20 heavy (non-hydrogen) atoms. The number of halogens is 1. The van der Waals surface area contributed by atoms with Crippen LogP contribution in [0, 0.1) is 10.1 Å². The Morgan fingerprint density at radius 3 is 2.95 bits per heavy atom. The van der Waals surface area contributed by atoms with Gasteiger partial charge in [0, 0.05) is 12.6 Å². The number of amides is 1. The number of nitro benzene ring substituents is 1. The lowest BCUT2D eigenvalue weighted by atomic mass is 10.0. The second-order valence-corrected chi connectivity index (χ2v) is 5.54. The van der Waals surface area contributed by atoms with Gasteiger partial charge in [0.1, 0.15) is 11.2 Å². The van der Waals surface area contributed by atoms with E-state index in [4.69, 9.17) is 11.6 Å². The maximum atomic E-state index is 12.0. The zero-order valence-corrected chi connectivity index (χ0v) is 11.5. The highest BCUT2D eigenvalue weighted by molar-refractivity contribution is 6.32. The van der Waals surface area contributed by atoms with Crippen molar-refractivity contribution >= 4 is 23.2 Å². The van der Waals surface area contributed by atoms with Crippen LogP contribution in [0.1, 0.15) is 31.0 Å². The molecule has 1 aromatic rings. The molecular formula is C13H14ClN3O3. The Morgan fingerprint density at radius 1 is 1.40 bits per heavy atom. The van der Waals surface area contributed by atoms with Gasteiger partial charge in [0.2, 0.25) is 5.91 Å². The van der Waals surface area contributed by atoms with Gasteiger partial charge in [-0.3, -0.25) is 19.8 Å². The van der Waals surface area contributed by atoms with E-state index < -0.39 is 4.92 Å². The van der Waals surface area contributed by atoms with Gasteiger partial charge in [0.25, 0.3) is 5.69 Å². The largest absolute Gasteiger partial charge is 0.335 e. The van der Waals surface area contributed by atoms with Crippen molar-refractivity contribution in [1.82, 2.24) is 10.2 Å². The lowest BCUT2D eigenvalue weighted by molar-refractivity contribution is -0.384. The SMILES string of the molecule is O=C1NC(c2ccc(Cl)c([N+](=O)[O-])c2)N2CCCCC12. The number of carbonyl (C=O) groups excluding carboxylic acids is 1. The Morgan fingerprint density at radius 2 is 2.20 bits per heavy atom. The monoisotopic (exact) mass is 295 g/mol. The quantitative estimate of drug-likeness (QED) is 0.670. The highest BCUT2D eigenvalue weighted by Crippen LogP contribution is 2.35. The van der Waals surface area contributed by atoms with E-state index in [0.717, 1.165) is 25.8 Å². The summed E-state index contributed by atoms with van der Waals surface area (Å²) in [5.41, 5.74) is 0.581. The van der Waals surface area contributed by atoms with Crippen molar-refractivity contribution in [3.05, 3.63) is 38.9 Å². The van der Waals surface area contributed by atoms with E-state index in [1.165, 1.54) is 12.1 Å². The molecule has 2 saturated heterocycles. The van der Waals surface area contributed by atoms with Gasteiger partial charge < -0.3 is 5.32 Å². The van der Waals surface area contributed by atoms with Crippen LogP contribution in [0.5, 0.6) is 0 Å². The molecule has 1 aromatic carbocycles. The van der Waals surface area contributed by atoms with Gasteiger partial charge in [0.15, 0.2) is 0 Å². The molecule has 0 aromatic heterocycles. The van der Waals surface area contributed by atoms with Crippen LogP contribution in [0.4, 0.5) is 5.69 Å². The van der Waals surface area contributed by atoms with Gasteiger partial charge in [-0.05, 0) is 24.5 Å². The topological polar surface area (TPSA) is 75.5 Å². The van der Waals surface area contributed by atoms with Crippen molar-refractivity contribution in [3.63, 3.8) is 0 Å². The lowest BCUT2D eigenvalue weighted by Crippen LogP contribution is -2.38. The van der Waals surface area contributed by atoms with E-state index in [1.807, 2.05) is 0 Å². The molecule has 0 radical (unpaired) electrons. The first-order valence-corrected chi connectivity index (χ1v) is 6.95. The van der Waals surface area contributed by atoms with Crippen LogP contribution >= 0.6 is 11.6 Å². The Hall–Kier alpha value is -1.66. The van der Waals surface area contributed by atoms with Crippen LogP contribution in [0.2, 0.25) is 5.02 Å². The number of nitrogens with zero attached hydrogens (tertiary/aromatic N) is 2. The van der Waals surface area contributed by atoms with Crippen molar-refractivity contribution in [2.24, 2.45) is 0 Å². The third kappa shape index (κ3) is 2.14. The molecule has 1 amide bonds. The van der Waals surface area contributed by atoms with Crippen LogP contribution < -0.4 is 5.32 Å². The molecule has 1 N–H and O–H groups in total. The normalized spacial score (nSPS) is 26.1. The third-order valence-corrected chi connectivity index (χ3v) is 4.26. The van der Waals surface area contributed by atoms with E-state index in [9.17, 15) is 14.9 Å². The van der Waals surface area contributed by atoms with Crippen LogP contribution in [0.25, 0.3) is 0 Å². The van der Waals surface area contributed by atoms with Crippen molar-refractivity contribution in [2.45, 2.75) is 31.5 Å². The maximum Gasteiger partial charge on any atom is 0.288 e. The van der Waals surface area contributed by atoms with Crippen LogP contribution in [0.3, 0.4) is 0 Å². The van der Waals surface area contributed by atoms with Crippen LogP contribution in [-0.2, 0) is 4.79 Å². The standard InChI is InChI=1S/C13H14ClN3O3/c14-9-5-4-8(7-11(9)17(19)20)12-15-13(18)10-3-1-2-6-16(10)12/h4-5,7,10,12H,1-3,6H2,(H,15,18). The summed E-state index contributed by atoms with van der Waals surface area (Å²) in [6.07, 6.45) is 2.64. The molecule has 2 aliphatic rings. The number of benzene rings is 1. The first kappa shape index (κ1) is 13.3. The molecule has 0 spiro atoms. The number of hydrogen-bond acceptors (Lipinski definition) is 4. The molecule has 2 aliphatic heterocycles. The van der Waals surface area contributed by atoms with Gasteiger partial charge in [-0.15, -0.1) is 0 Å². The van der Waals surface area contributed by atoms with Crippen LogP contribution in [0.15, 0.2) is 18.2 Å². The molecular weight excluding hydrogens is 282 g/mol. The zero-order valence-electron chi connectivity index (χ0n) is 10.7. The summed E-state index contributed by atoms with van der Waals surface area (Å²) >= 11 is 5.82. The number of nitro groups is 1. The number of nitrogens with one attached hydrogen (secondary N) is 1. The molecule has 2 heterocycles. The fourth-order valence-electron chi connectivity index (χ4n) is 2.97. The molecule has 2 fully saturated rings. The van der Waals surface area contributed by atoms with Gasteiger partial charge in [-0.25, -0.2) is 0 Å². The Kier molecular flexibility index (Phi) is 3.35. The average Bonchev–Trinajstić information content (AvgIpc) is 2.77. The smallest absolute Gasteiger partial charge is 0.288 e. The molecule has 6 nitrogen and oxygen atoms in total. The minimum atomic E-state index is -0.504. The second kappa shape index (κ2) is 5.03. The van der Waals surface area contributed by atoms with Crippen molar-refractivity contribution in [2.75, 3.05) is 6.54 Å². The highest BCUT2D eigenvalue weighted by atomic mass is 35.5. The van der Waals surface area contributed by atoms with Crippen molar-refractivity contribution < 1.29 is 9.72 Å². The molecule has 0 aliphatic carbocycles. The van der Waals surface area contributed by atoms with Gasteiger partial charge in [-0.2, -0.15) is 0 Å². The summed E-state index contributed by atoms with van der Waals surface area (Å²) in [6, 6.07) is 4.59. The lowest BCUT2D eigenvalue weighted by Gasteiger charge is -2.31. The van der Waals surface area contributed by atoms with E-state index in [-0.39, 0.29) is 28.8 Å². The second-order valence-electron chi connectivity index (χ2n) is 5.13. The Bertz CT molecular complexity index is 578. The first-order valence-electron chi connectivity index (χ1n) is 6.58. The minimum absolute atomic E-state index is 0.00676. The summed E-state index contributed by atoms with van der Waals surface area (Å²) < 4.78 is 0. The fraction of sp³-hybridized carbons (Fsp3) is 0.462. The zero-order chi connectivity index (χ0) is 14.3. The first-order chi connectivity index (χ1) is 9.58. The average molecular weight is 296 g/mol. The predicted octanol–water partition coefficient (Wildman–Crippen LogP) is 2.23. The molecule has 3 rings (SSSR count). The number of piperidine rings is 1.